The second kappa shape index (κ2) is 9.68. The highest BCUT2D eigenvalue weighted by Gasteiger charge is 2.34. The number of methoxy groups -OCH3 is 1. The Bertz CT molecular complexity index is 1060. The molecule has 32 heavy (non-hydrogen) atoms. The van der Waals surface area contributed by atoms with Crippen LogP contribution in [0.2, 0.25) is 0 Å². The molecule has 0 spiro atoms. The van der Waals surface area contributed by atoms with E-state index in [0.717, 1.165) is 29.7 Å². The molecule has 0 radical (unpaired) electrons. The van der Waals surface area contributed by atoms with Crippen molar-refractivity contribution in [1.82, 2.24) is 15.0 Å². The maximum atomic E-state index is 13.1. The molecule has 0 atom stereocenters. The zero-order valence-electron chi connectivity index (χ0n) is 18.4. The number of carbonyl (C=O) groups excluding carboxylic acids is 2. The summed E-state index contributed by atoms with van der Waals surface area (Å²) in [6.07, 6.45) is 2.17. The zero-order chi connectivity index (χ0) is 22.5. The lowest BCUT2D eigenvalue weighted by Crippen LogP contribution is -2.37. The van der Waals surface area contributed by atoms with Crippen molar-refractivity contribution in [3.63, 3.8) is 0 Å². The third-order valence-corrected chi connectivity index (χ3v) is 5.61. The van der Waals surface area contributed by atoms with Gasteiger partial charge in [-0.1, -0.05) is 35.5 Å². The van der Waals surface area contributed by atoms with Gasteiger partial charge in [0.2, 0.25) is 5.91 Å². The van der Waals surface area contributed by atoms with Crippen LogP contribution in [0.1, 0.15) is 35.3 Å². The molecule has 0 bridgehead atoms. The fourth-order valence-electron chi connectivity index (χ4n) is 3.60. The highest BCUT2D eigenvalue weighted by Crippen LogP contribution is 2.29. The molecular weight excluding hydrogens is 406 g/mol. The van der Waals surface area contributed by atoms with E-state index < -0.39 is 0 Å². The van der Waals surface area contributed by atoms with E-state index in [1.807, 2.05) is 54.6 Å². The van der Waals surface area contributed by atoms with E-state index in [2.05, 4.69) is 5.16 Å². The van der Waals surface area contributed by atoms with Gasteiger partial charge in [-0.2, -0.15) is 0 Å². The summed E-state index contributed by atoms with van der Waals surface area (Å²) in [5.74, 6) is 1.07. The molecule has 0 saturated heterocycles. The third-order valence-electron chi connectivity index (χ3n) is 5.61. The van der Waals surface area contributed by atoms with E-state index >= 15 is 0 Å². The monoisotopic (exact) mass is 433 g/mol. The number of hydrogen-bond donors (Lipinski definition) is 0. The van der Waals surface area contributed by atoms with Gasteiger partial charge in [-0.05, 0) is 42.7 Å². The minimum atomic E-state index is -0.200. The van der Waals surface area contributed by atoms with Crippen molar-refractivity contribution in [2.75, 3.05) is 20.7 Å². The summed E-state index contributed by atoms with van der Waals surface area (Å²) in [6, 6.07) is 19.0. The second-order valence-electron chi connectivity index (χ2n) is 8.02. The van der Waals surface area contributed by atoms with Crippen molar-refractivity contribution >= 4 is 11.8 Å². The lowest BCUT2D eigenvalue weighted by Gasteiger charge is -2.23. The van der Waals surface area contributed by atoms with Crippen LogP contribution in [0.5, 0.6) is 5.75 Å². The summed E-state index contributed by atoms with van der Waals surface area (Å²) in [4.78, 5) is 29.2. The molecule has 1 heterocycles. The number of hydrogen-bond acceptors (Lipinski definition) is 5. The summed E-state index contributed by atoms with van der Waals surface area (Å²) in [5, 5.41) is 3.99. The van der Waals surface area contributed by atoms with Gasteiger partial charge in [-0.3, -0.25) is 9.59 Å². The Labute approximate surface area is 187 Å². The van der Waals surface area contributed by atoms with Crippen LogP contribution < -0.4 is 4.74 Å². The molecule has 1 fully saturated rings. The topological polar surface area (TPSA) is 75.9 Å². The van der Waals surface area contributed by atoms with Crippen LogP contribution in [-0.2, 0) is 11.3 Å². The summed E-state index contributed by atoms with van der Waals surface area (Å²) >= 11 is 0. The van der Waals surface area contributed by atoms with Crippen LogP contribution in [0.15, 0.2) is 65.2 Å². The van der Waals surface area contributed by atoms with Crippen molar-refractivity contribution in [2.24, 2.45) is 0 Å². The molecule has 4 rings (SSSR count). The summed E-state index contributed by atoms with van der Waals surface area (Å²) in [6.45, 7) is 0.914. The van der Waals surface area contributed by atoms with E-state index in [-0.39, 0.29) is 30.0 Å². The van der Waals surface area contributed by atoms with Gasteiger partial charge in [-0.15, -0.1) is 0 Å². The quantitative estimate of drug-likeness (QED) is 0.510. The molecule has 1 aromatic heterocycles. The fourth-order valence-corrected chi connectivity index (χ4v) is 3.60. The van der Waals surface area contributed by atoms with Gasteiger partial charge in [0.1, 0.15) is 5.75 Å². The first-order valence-electron chi connectivity index (χ1n) is 10.7. The molecule has 3 aromatic rings. The average Bonchev–Trinajstić information content (AvgIpc) is 3.54. The molecule has 1 aliphatic rings. The van der Waals surface area contributed by atoms with Crippen molar-refractivity contribution in [3.05, 3.63) is 71.9 Å². The van der Waals surface area contributed by atoms with E-state index in [1.165, 1.54) is 0 Å². The SMILES string of the molecule is COc1ccc(-c2cc(C(=O)N(CCC(=O)N(C)Cc3ccccc3)C3CC3)no2)cc1. The minimum Gasteiger partial charge on any atom is -0.497 e. The largest absolute Gasteiger partial charge is 0.497 e. The summed E-state index contributed by atoms with van der Waals surface area (Å²) < 4.78 is 10.6. The zero-order valence-corrected chi connectivity index (χ0v) is 18.4. The minimum absolute atomic E-state index is 0.00591. The average molecular weight is 434 g/mol. The van der Waals surface area contributed by atoms with Gasteiger partial charge >= 0.3 is 0 Å². The van der Waals surface area contributed by atoms with Crippen LogP contribution in [0.25, 0.3) is 11.3 Å². The molecule has 2 amide bonds. The molecular formula is C25H27N3O4. The first-order valence-corrected chi connectivity index (χ1v) is 10.7. The van der Waals surface area contributed by atoms with Gasteiger partial charge in [-0.25, -0.2) is 0 Å². The fraction of sp³-hybridized carbons (Fsp3) is 0.320. The molecule has 0 N–H and O–H groups in total. The normalized spacial score (nSPS) is 12.9. The molecule has 166 valence electrons. The number of aromatic nitrogens is 1. The molecule has 7 nitrogen and oxygen atoms in total. The van der Waals surface area contributed by atoms with Crippen LogP contribution in [0.3, 0.4) is 0 Å². The van der Waals surface area contributed by atoms with Crippen molar-refractivity contribution in [2.45, 2.75) is 31.8 Å². The van der Waals surface area contributed by atoms with E-state index in [1.54, 1.807) is 30.0 Å². The number of rotatable bonds is 9. The van der Waals surface area contributed by atoms with Crippen molar-refractivity contribution in [3.8, 4) is 17.1 Å². The van der Waals surface area contributed by atoms with Gasteiger partial charge in [0.15, 0.2) is 11.5 Å². The first-order chi connectivity index (χ1) is 15.5. The van der Waals surface area contributed by atoms with Crippen LogP contribution in [0, 0.1) is 0 Å². The second-order valence-corrected chi connectivity index (χ2v) is 8.02. The molecule has 7 heteroatoms. The van der Waals surface area contributed by atoms with Gasteiger partial charge in [0.25, 0.3) is 5.91 Å². The lowest BCUT2D eigenvalue weighted by atomic mass is 10.1. The maximum Gasteiger partial charge on any atom is 0.276 e. The van der Waals surface area contributed by atoms with Crippen molar-refractivity contribution < 1.29 is 18.8 Å². The Kier molecular flexibility index (Phi) is 6.54. The highest BCUT2D eigenvalue weighted by atomic mass is 16.5. The maximum absolute atomic E-state index is 13.1. The smallest absolute Gasteiger partial charge is 0.276 e. The van der Waals surface area contributed by atoms with E-state index in [0.29, 0.717) is 18.8 Å². The standard InChI is InChI=1S/C25H27N3O4/c1-27(17-18-6-4-3-5-7-18)24(29)14-15-28(20-10-11-20)25(30)22-16-23(32-26-22)19-8-12-21(31-2)13-9-19/h3-9,12-13,16,20H,10-11,14-15,17H2,1-2H3. The van der Waals surface area contributed by atoms with Crippen LogP contribution >= 0.6 is 0 Å². The highest BCUT2D eigenvalue weighted by molar-refractivity contribution is 5.94. The number of benzene rings is 2. The Hall–Kier alpha value is -3.61. The Balaban J connectivity index is 1.38. The molecule has 1 saturated carbocycles. The predicted octanol–water partition coefficient (Wildman–Crippen LogP) is 4.00. The van der Waals surface area contributed by atoms with Gasteiger partial charge in [0, 0.05) is 44.2 Å². The Morgan fingerprint density at radius 2 is 1.81 bits per heavy atom. The van der Waals surface area contributed by atoms with Crippen LogP contribution in [-0.4, -0.2) is 53.5 Å². The van der Waals surface area contributed by atoms with E-state index in [4.69, 9.17) is 9.26 Å². The summed E-state index contributed by atoms with van der Waals surface area (Å²) in [7, 11) is 3.40. The first kappa shape index (κ1) is 21.6. The Morgan fingerprint density at radius 3 is 2.47 bits per heavy atom. The number of amides is 2. The molecule has 2 aromatic carbocycles. The Morgan fingerprint density at radius 1 is 1.09 bits per heavy atom. The number of ether oxygens (including phenoxy) is 1. The molecule has 0 unspecified atom stereocenters. The molecule has 1 aliphatic carbocycles. The van der Waals surface area contributed by atoms with Gasteiger partial charge < -0.3 is 19.1 Å². The lowest BCUT2D eigenvalue weighted by molar-refractivity contribution is -0.130. The van der Waals surface area contributed by atoms with E-state index in [9.17, 15) is 9.59 Å². The van der Waals surface area contributed by atoms with Gasteiger partial charge in [0.05, 0.1) is 7.11 Å². The number of carbonyl (C=O) groups is 2. The summed E-state index contributed by atoms with van der Waals surface area (Å²) in [5.41, 5.74) is 2.15. The van der Waals surface area contributed by atoms with Crippen molar-refractivity contribution in [1.29, 1.82) is 0 Å². The molecule has 0 aliphatic heterocycles. The van der Waals surface area contributed by atoms with Crippen LogP contribution in [0.4, 0.5) is 0 Å². The number of nitrogens with zero attached hydrogens (tertiary/aromatic N) is 3. The third kappa shape index (κ3) is 5.17. The predicted molar refractivity (Wildman–Crippen MR) is 120 cm³/mol.